The van der Waals surface area contributed by atoms with Gasteiger partial charge in [0.25, 0.3) is 0 Å². The fourth-order valence-electron chi connectivity index (χ4n) is 2.99. The number of phenolic OH excluding ortho intramolecular Hbond substituents is 1. The molecule has 4 aromatic rings. The average molecular weight is 378 g/mol. The van der Waals surface area contributed by atoms with Gasteiger partial charge in [0, 0.05) is 10.1 Å². The lowest BCUT2D eigenvalue weighted by Crippen LogP contribution is -1.89. The molecule has 1 heterocycles. The Morgan fingerprint density at radius 2 is 1.63 bits per heavy atom. The van der Waals surface area contributed by atoms with Crippen molar-refractivity contribution in [2.45, 2.75) is 19.8 Å². The lowest BCUT2D eigenvalue weighted by molar-refractivity contribution is 0.476. The van der Waals surface area contributed by atoms with Gasteiger partial charge in [0.05, 0.1) is 4.88 Å². The van der Waals surface area contributed by atoms with Crippen LogP contribution in [0.3, 0.4) is 0 Å². The highest BCUT2D eigenvalue weighted by Gasteiger charge is 2.17. The number of benzene rings is 3. The van der Waals surface area contributed by atoms with Gasteiger partial charge in [-0.3, -0.25) is 0 Å². The van der Waals surface area contributed by atoms with E-state index in [1.54, 1.807) is 24.3 Å². The number of aromatic hydroxyl groups is 1. The Balaban J connectivity index is 1.81. The van der Waals surface area contributed by atoms with Crippen molar-refractivity contribution in [2.75, 3.05) is 0 Å². The van der Waals surface area contributed by atoms with Gasteiger partial charge < -0.3 is 9.84 Å². The number of halogens is 1. The Kier molecular flexibility index (Phi) is 4.58. The average Bonchev–Trinajstić information content (AvgIpc) is 3.00. The maximum Gasteiger partial charge on any atom is 0.153 e. The van der Waals surface area contributed by atoms with Crippen molar-refractivity contribution in [2.24, 2.45) is 0 Å². The Morgan fingerprint density at radius 1 is 0.926 bits per heavy atom. The zero-order valence-electron chi connectivity index (χ0n) is 15.1. The van der Waals surface area contributed by atoms with Crippen LogP contribution in [0.25, 0.3) is 20.5 Å². The van der Waals surface area contributed by atoms with Crippen LogP contribution < -0.4 is 4.74 Å². The SMILES string of the molecule is CC(C)c1ccc(Oc2c(-c3ccc(F)cc3)sc3cc(O)ccc23)cc1. The topological polar surface area (TPSA) is 29.5 Å². The Hall–Kier alpha value is -2.85. The molecule has 136 valence electrons. The van der Waals surface area contributed by atoms with E-state index in [2.05, 4.69) is 26.0 Å². The van der Waals surface area contributed by atoms with Crippen molar-refractivity contribution in [1.82, 2.24) is 0 Å². The Labute approximate surface area is 161 Å². The second-order valence-electron chi connectivity index (χ2n) is 6.77. The molecule has 4 heteroatoms. The van der Waals surface area contributed by atoms with Gasteiger partial charge in [-0.25, -0.2) is 4.39 Å². The van der Waals surface area contributed by atoms with E-state index in [1.165, 1.54) is 29.0 Å². The van der Waals surface area contributed by atoms with Crippen LogP contribution in [0, 0.1) is 5.82 Å². The molecule has 1 N–H and O–H groups in total. The summed E-state index contributed by atoms with van der Waals surface area (Å²) in [5, 5.41) is 10.7. The number of rotatable bonds is 4. The van der Waals surface area contributed by atoms with Crippen LogP contribution in [0.15, 0.2) is 66.7 Å². The molecule has 27 heavy (non-hydrogen) atoms. The third-order valence-electron chi connectivity index (χ3n) is 4.50. The third-order valence-corrected chi connectivity index (χ3v) is 5.68. The summed E-state index contributed by atoms with van der Waals surface area (Å²) in [7, 11) is 0. The first-order valence-electron chi connectivity index (χ1n) is 8.80. The van der Waals surface area contributed by atoms with Crippen molar-refractivity contribution in [1.29, 1.82) is 0 Å². The standard InChI is InChI=1S/C23H19FO2S/c1-14(2)15-5-10-19(11-6-15)26-22-20-12-9-18(25)13-21(20)27-23(22)16-3-7-17(24)8-4-16/h3-14,25H,1-2H3. The van der Waals surface area contributed by atoms with Crippen LogP contribution in [-0.4, -0.2) is 5.11 Å². The first kappa shape index (κ1) is 17.6. The maximum absolute atomic E-state index is 13.3. The summed E-state index contributed by atoms with van der Waals surface area (Å²) in [5.41, 5.74) is 2.13. The van der Waals surface area contributed by atoms with E-state index in [4.69, 9.17) is 4.74 Å². The summed E-state index contributed by atoms with van der Waals surface area (Å²) in [4.78, 5) is 0.906. The minimum absolute atomic E-state index is 0.210. The molecule has 4 rings (SSSR count). The molecule has 3 aromatic carbocycles. The molecule has 0 atom stereocenters. The summed E-state index contributed by atoms with van der Waals surface area (Å²) in [6, 6.07) is 19.7. The summed E-state index contributed by atoms with van der Waals surface area (Å²) in [6.45, 7) is 4.31. The van der Waals surface area contributed by atoms with Gasteiger partial charge in [-0.15, -0.1) is 11.3 Å². The van der Waals surface area contributed by atoms with E-state index in [9.17, 15) is 9.50 Å². The molecule has 0 aliphatic heterocycles. The molecule has 0 unspecified atom stereocenters. The number of thiophene rings is 1. The molecule has 0 saturated heterocycles. The molecule has 2 nitrogen and oxygen atoms in total. The highest BCUT2D eigenvalue weighted by molar-refractivity contribution is 7.22. The van der Waals surface area contributed by atoms with Gasteiger partial charge in [0.1, 0.15) is 17.3 Å². The number of hydrogen-bond acceptors (Lipinski definition) is 3. The first-order valence-corrected chi connectivity index (χ1v) is 9.62. The Bertz CT molecular complexity index is 1080. The van der Waals surface area contributed by atoms with Gasteiger partial charge in [0.2, 0.25) is 0 Å². The molecule has 0 radical (unpaired) electrons. The fourth-order valence-corrected chi connectivity index (χ4v) is 4.16. The van der Waals surface area contributed by atoms with Crippen LogP contribution in [0.2, 0.25) is 0 Å². The van der Waals surface area contributed by atoms with E-state index in [1.807, 2.05) is 18.2 Å². The monoisotopic (exact) mass is 378 g/mol. The number of ether oxygens (including phenoxy) is 1. The molecule has 0 aliphatic rings. The van der Waals surface area contributed by atoms with Crippen LogP contribution in [0.1, 0.15) is 25.3 Å². The van der Waals surface area contributed by atoms with Crippen molar-refractivity contribution in [3.8, 4) is 27.7 Å². The lowest BCUT2D eigenvalue weighted by Gasteiger charge is -2.10. The molecule has 0 amide bonds. The quantitative estimate of drug-likeness (QED) is 0.403. The smallest absolute Gasteiger partial charge is 0.153 e. The first-order chi connectivity index (χ1) is 13.0. The van der Waals surface area contributed by atoms with E-state index in [0.29, 0.717) is 5.92 Å². The van der Waals surface area contributed by atoms with Gasteiger partial charge in [-0.2, -0.15) is 0 Å². The summed E-state index contributed by atoms with van der Waals surface area (Å²) in [5.74, 6) is 1.86. The zero-order valence-corrected chi connectivity index (χ0v) is 15.9. The van der Waals surface area contributed by atoms with E-state index < -0.39 is 0 Å². The van der Waals surface area contributed by atoms with E-state index in [0.717, 1.165) is 32.0 Å². The molecular formula is C23H19FO2S. The predicted molar refractivity (Wildman–Crippen MR) is 109 cm³/mol. The second-order valence-corrected chi connectivity index (χ2v) is 7.83. The minimum Gasteiger partial charge on any atom is -0.508 e. The number of hydrogen-bond donors (Lipinski definition) is 1. The number of phenols is 1. The molecule has 1 aromatic heterocycles. The van der Waals surface area contributed by atoms with Crippen LogP contribution in [-0.2, 0) is 0 Å². The molecular weight excluding hydrogens is 359 g/mol. The molecule has 0 bridgehead atoms. The number of fused-ring (bicyclic) bond motifs is 1. The van der Waals surface area contributed by atoms with Crippen LogP contribution in [0.4, 0.5) is 4.39 Å². The van der Waals surface area contributed by atoms with E-state index in [-0.39, 0.29) is 11.6 Å². The molecule has 0 spiro atoms. The minimum atomic E-state index is -0.274. The highest BCUT2D eigenvalue weighted by Crippen LogP contribution is 2.47. The van der Waals surface area contributed by atoms with Gasteiger partial charge >= 0.3 is 0 Å². The second kappa shape index (κ2) is 7.05. The zero-order chi connectivity index (χ0) is 19.0. The molecule has 0 saturated carbocycles. The van der Waals surface area contributed by atoms with Crippen LogP contribution >= 0.6 is 11.3 Å². The molecule has 0 fully saturated rings. The third kappa shape index (κ3) is 3.53. The van der Waals surface area contributed by atoms with Crippen molar-refractivity contribution in [3.05, 3.63) is 78.1 Å². The Morgan fingerprint density at radius 3 is 2.30 bits per heavy atom. The summed E-state index contributed by atoms with van der Waals surface area (Å²) in [6.07, 6.45) is 0. The van der Waals surface area contributed by atoms with Crippen molar-refractivity contribution < 1.29 is 14.2 Å². The highest BCUT2D eigenvalue weighted by atomic mass is 32.1. The summed E-state index contributed by atoms with van der Waals surface area (Å²) < 4.78 is 20.5. The fraction of sp³-hybridized carbons (Fsp3) is 0.130. The largest absolute Gasteiger partial charge is 0.508 e. The van der Waals surface area contributed by atoms with E-state index >= 15 is 0 Å². The molecule has 0 aliphatic carbocycles. The van der Waals surface area contributed by atoms with Crippen molar-refractivity contribution in [3.63, 3.8) is 0 Å². The maximum atomic E-state index is 13.3. The van der Waals surface area contributed by atoms with Crippen LogP contribution in [0.5, 0.6) is 17.2 Å². The summed E-state index contributed by atoms with van der Waals surface area (Å²) >= 11 is 1.52. The van der Waals surface area contributed by atoms with Gasteiger partial charge in [0.15, 0.2) is 5.75 Å². The normalized spacial score (nSPS) is 11.3. The van der Waals surface area contributed by atoms with Gasteiger partial charge in [-0.05, 0) is 59.5 Å². The lowest BCUT2D eigenvalue weighted by atomic mass is 10.0. The van der Waals surface area contributed by atoms with Gasteiger partial charge in [-0.1, -0.05) is 38.1 Å². The van der Waals surface area contributed by atoms with Crippen molar-refractivity contribution >= 4 is 21.4 Å². The predicted octanol–water partition coefficient (Wildman–Crippen LogP) is 7.33.